The molecule has 4 aromatic rings. The van der Waals surface area contributed by atoms with Crippen LogP contribution >= 0.6 is 0 Å². The second-order valence-electron chi connectivity index (χ2n) is 7.59. The minimum Gasteiger partial charge on any atom is -0.486 e. The number of benzene rings is 3. The summed E-state index contributed by atoms with van der Waals surface area (Å²) in [5.41, 5.74) is 4.54. The predicted molar refractivity (Wildman–Crippen MR) is 122 cm³/mol. The van der Waals surface area contributed by atoms with Crippen molar-refractivity contribution in [2.75, 3.05) is 13.2 Å². The molecule has 0 unspecified atom stereocenters. The molecule has 0 fully saturated rings. The van der Waals surface area contributed by atoms with Crippen molar-refractivity contribution in [2.24, 2.45) is 0 Å². The van der Waals surface area contributed by atoms with Crippen LogP contribution in [0.3, 0.4) is 0 Å². The van der Waals surface area contributed by atoms with E-state index < -0.39 is 0 Å². The maximum absolute atomic E-state index is 12.8. The lowest BCUT2D eigenvalue weighted by Gasteiger charge is -2.18. The molecule has 0 radical (unpaired) electrons. The van der Waals surface area contributed by atoms with Gasteiger partial charge in [-0.15, -0.1) is 0 Å². The fraction of sp³-hybridized carbons (Fsp3) is 0.154. The number of rotatable bonds is 6. The zero-order valence-corrected chi connectivity index (χ0v) is 17.5. The molecular weight excluding hydrogens is 402 g/mol. The highest BCUT2D eigenvalue weighted by molar-refractivity contribution is 5.95. The molecule has 6 nitrogen and oxygen atoms in total. The molecule has 0 atom stereocenters. The second kappa shape index (κ2) is 8.98. The third kappa shape index (κ3) is 4.34. The van der Waals surface area contributed by atoms with Crippen molar-refractivity contribution in [3.63, 3.8) is 0 Å². The zero-order valence-electron chi connectivity index (χ0n) is 17.5. The van der Waals surface area contributed by atoms with Crippen LogP contribution in [-0.4, -0.2) is 28.9 Å². The molecule has 0 spiro atoms. The molecule has 0 aliphatic carbocycles. The molecule has 0 bridgehead atoms. The summed E-state index contributed by atoms with van der Waals surface area (Å²) in [6, 6.07) is 25.5. The molecule has 1 N–H and O–H groups in total. The summed E-state index contributed by atoms with van der Waals surface area (Å²) in [6.07, 6.45) is 2.00. The molecule has 5 rings (SSSR count). The average Bonchev–Trinajstić information content (AvgIpc) is 3.26. The number of carbonyl (C=O) groups excluding carboxylic acids is 1. The van der Waals surface area contributed by atoms with E-state index in [1.165, 1.54) is 5.56 Å². The number of nitrogens with zero attached hydrogens (tertiary/aromatic N) is 2. The first-order valence-electron chi connectivity index (χ1n) is 10.6. The minimum absolute atomic E-state index is 0.170. The van der Waals surface area contributed by atoms with Crippen molar-refractivity contribution in [1.29, 1.82) is 0 Å². The molecule has 3 aromatic carbocycles. The molecule has 32 heavy (non-hydrogen) atoms. The first-order valence-corrected chi connectivity index (χ1v) is 10.6. The van der Waals surface area contributed by atoms with Gasteiger partial charge in [-0.25, -0.2) is 0 Å². The molecule has 1 aliphatic heterocycles. The van der Waals surface area contributed by atoms with E-state index in [4.69, 9.17) is 14.6 Å². The molecule has 6 heteroatoms. The van der Waals surface area contributed by atoms with Gasteiger partial charge < -0.3 is 14.8 Å². The number of carbonyl (C=O) groups is 1. The quantitative estimate of drug-likeness (QED) is 0.500. The Morgan fingerprint density at radius 3 is 2.41 bits per heavy atom. The molecule has 160 valence electrons. The Balaban J connectivity index is 1.36. The number of nitrogens with one attached hydrogen (secondary N) is 1. The molecular formula is C26H23N3O3. The van der Waals surface area contributed by atoms with E-state index in [9.17, 15) is 4.79 Å². The van der Waals surface area contributed by atoms with E-state index in [0.717, 1.165) is 16.8 Å². The predicted octanol–water partition coefficient (Wildman–Crippen LogP) is 4.30. The largest absolute Gasteiger partial charge is 0.486 e. The van der Waals surface area contributed by atoms with Gasteiger partial charge in [0.1, 0.15) is 13.2 Å². The summed E-state index contributed by atoms with van der Waals surface area (Å²) in [7, 11) is 0. The number of fused-ring (bicyclic) bond motifs is 1. The number of hydrogen-bond donors (Lipinski definition) is 1. The number of hydrogen-bond acceptors (Lipinski definition) is 4. The Hall–Kier alpha value is -4.06. The van der Waals surface area contributed by atoms with Crippen LogP contribution in [0.15, 0.2) is 85.1 Å². The Morgan fingerprint density at radius 1 is 0.906 bits per heavy atom. The first kappa shape index (κ1) is 19.9. The van der Waals surface area contributed by atoms with Crippen molar-refractivity contribution in [3.05, 3.63) is 102 Å². The minimum atomic E-state index is -0.170. The second-order valence-corrected chi connectivity index (χ2v) is 7.59. The van der Waals surface area contributed by atoms with Crippen LogP contribution in [0, 0.1) is 0 Å². The van der Waals surface area contributed by atoms with Crippen LogP contribution in [0.5, 0.6) is 11.5 Å². The van der Waals surface area contributed by atoms with Crippen LogP contribution in [-0.2, 0) is 13.1 Å². The monoisotopic (exact) mass is 425 g/mol. The topological polar surface area (TPSA) is 65.4 Å². The van der Waals surface area contributed by atoms with Gasteiger partial charge in [0.15, 0.2) is 11.5 Å². The highest BCUT2D eigenvalue weighted by atomic mass is 16.6. The molecule has 2 heterocycles. The van der Waals surface area contributed by atoms with Crippen molar-refractivity contribution in [3.8, 4) is 22.8 Å². The Bertz CT molecular complexity index is 1220. The van der Waals surface area contributed by atoms with Gasteiger partial charge in [0, 0.05) is 29.4 Å². The molecule has 1 aliphatic rings. The molecule has 0 saturated heterocycles. The van der Waals surface area contributed by atoms with Crippen molar-refractivity contribution in [2.45, 2.75) is 13.1 Å². The number of aromatic nitrogens is 2. The third-order valence-corrected chi connectivity index (χ3v) is 5.32. The van der Waals surface area contributed by atoms with Gasteiger partial charge >= 0.3 is 0 Å². The molecule has 0 saturated carbocycles. The maximum atomic E-state index is 12.8. The van der Waals surface area contributed by atoms with Gasteiger partial charge in [-0.3, -0.25) is 9.48 Å². The summed E-state index contributed by atoms with van der Waals surface area (Å²) in [4.78, 5) is 12.8. The van der Waals surface area contributed by atoms with Crippen molar-refractivity contribution < 1.29 is 14.3 Å². The van der Waals surface area contributed by atoms with Crippen LogP contribution in [0.4, 0.5) is 0 Å². The van der Waals surface area contributed by atoms with Gasteiger partial charge in [-0.1, -0.05) is 60.7 Å². The summed E-state index contributed by atoms with van der Waals surface area (Å²) >= 11 is 0. The zero-order chi connectivity index (χ0) is 21.8. The lowest BCUT2D eigenvalue weighted by Crippen LogP contribution is -2.23. The van der Waals surface area contributed by atoms with E-state index in [1.807, 2.05) is 59.4 Å². The van der Waals surface area contributed by atoms with Crippen LogP contribution in [0.1, 0.15) is 21.5 Å². The Labute approximate surface area is 186 Å². The Morgan fingerprint density at radius 2 is 1.62 bits per heavy atom. The number of ether oxygens (including phenoxy) is 2. The number of amides is 1. The Kier molecular flexibility index (Phi) is 5.58. The van der Waals surface area contributed by atoms with Gasteiger partial charge in [-0.05, 0) is 23.8 Å². The SMILES string of the molecule is O=C(NCc1cn(Cc2ccccc2)nc1-c1ccccc1)c1ccc2c(c1)OCCO2. The van der Waals surface area contributed by atoms with Crippen LogP contribution in [0.2, 0.25) is 0 Å². The van der Waals surface area contributed by atoms with Crippen LogP contribution in [0.25, 0.3) is 11.3 Å². The van der Waals surface area contributed by atoms with E-state index in [1.54, 1.807) is 18.2 Å². The van der Waals surface area contributed by atoms with E-state index >= 15 is 0 Å². The van der Waals surface area contributed by atoms with Gasteiger partial charge in [0.2, 0.25) is 0 Å². The molecule has 1 aromatic heterocycles. The van der Waals surface area contributed by atoms with Crippen LogP contribution < -0.4 is 14.8 Å². The fourth-order valence-corrected chi connectivity index (χ4v) is 3.74. The fourth-order valence-electron chi connectivity index (χ4n) is 3.74. The summed E-state index contributed by atoms with van der Waals surface area (Å²) < 4.78 is 13.1. The normalized spacial score (nSPS) is 12.4. The highest BCUT2D eigenvalue weighted by Crippen LogP contribution is 2.30. The third-order valence-electron chi connectivity index (χ3n) is 5.32. The van der Waals surface area contributed by atoms with E-state index in [0.29, 0.717) is 43.4 Å². The van der Waals surface area contributed by atoms with E-state index in [-0.39, 0.29) is 5.91 Å². The average molecular weight is 425 g/mol. The van der Waals surface area contributed by atoms with Gasteiger partial charge in [0.05, 0.1) is 12.2 Å². The standard InChI is InChI=1S/C26H23N3O3/c30-26(21-11-12-23-24(15-21)32-14-13-31-23)27-16-22-18-29(17-19-7-3-1-4-8-19)28-25(22)20-9-5-2-6-10-20/h1-12,15,18H,13-14,16-17H2,(H,27,30). The smallest absolute Gasteiger partial charge is 0.251 e. The maximum Gasteiger partial charge on any atom is 0.251 e. The highest BCUT2D eigenvalue weighted by Gasteiger charge is 2.16. The van der Waals surface area contributed by atoms with Gasteiger partial charge in [0.25, 0.3) is 5.91 Å². The summed E-state index contributed by atoms with van der Waals surface area (Å²) in [6.45, 7) is 2.04. The molecule has 1 amide bonds. The summed E-state index contributed by atoms with van der Waals surface area (Å²) in [5.74, 6) is 1.10. The van der Waals surface area contributed by atoms with Crippen molar-refractivity contribution >= 4 is 5.91 Å². The lowest BCUT2D eigenvalue weighted by atomic mass is 10.1. The van der Waals surface area contributed by atoms with Crippen molar-refractivity contribution in [1.82, 2.24) is 15.1 Å². The van der Waals surface area contributed by atoms with Gasteiger partial charge in [-0.2, -0.15) is 5.10 Å². The first-order chi connectivity index (χ1) is 15.8. The summed E-state index contributed by atoms with van der Waals surface area (Å²) in [5, 5.41) is 7.83. The lowest BCUT2D eigenvalue weighted by molar-refractivity contribution is 0.0949. The van der Waals surface area contributed by atoms with E-state index in [2.05, 4.69) is 17.4 Å².